The minimum absolute atomic E-state index is 0.0925. The second-order valence-electron chi connectivity index (χ2n) is 13.7. The summed E-state index contributed by atoms with van der Waals surface area (Å²) in [4.78, 5) is 31.3. The van der Waals surface area contributed by atoms with Gasteiger partial charge in [-0.2, -0.15) is 0 Å². The predicted octanol–water partition coefficient (Wildman–Crippen LogP) is 10.6. The Hall–Kier alpha value is -2.41. The minimum Gasteiger partial charge on any atom is -0.483 e. The molecule has 0 spiro atoms. The lowest BCUT2D eigenvalue weighted by atomic mass is 9.67. The number of amides is 1. The molecule has 1 amide bonds. The van der Waals surface area contributed by atoms with Gasteiger partial charge in [0.05, 0.1) is 25.1 Å². The summed E-state index contributed by atoms with van der Waals surface area (Å²) in [6, 6.07) is -0.0925. The standard InChI is InChI=1S/C33H57N3O2.3C2H6.CH2O2/c1-11-32(9,10)29-15-19-33(20-16-29,34-28(5)35-21-23-38-24-22-35)36(25-37)30(17-18-31(6,7)8)27(4)14-12-13-26(2)3;3*1-2;2-1-3/h12,14,25,29-30H,2,4,11,13,15-24H2,1,3,5-10H3;3*1-2H3;1H,(H,2,3)/b14-12?,34-28+;;;;. The van der Waals surface area contributed by atoms with Crippen molar-refractivity contribution in [2.24, 2.45) is 21.7 Å². The lowest BCUT2D eigenvalue weighted by molar-refractivity contribution is -0.129. The van der Waals surface area contributed by atoms with Gasteiger partial charge in [-0.05, 0) is 81.1 Å². The molecular formula is C40H77N3O4. The van der Waals surface area contributed by atoms with E-state index in [0.717, 1.165) is 101 Å². The molecule has 1 saturated heterocycles. The van der Waals surface area contributed by atoms with Crippen LogP contribution in [0.3, 0.4) is 0 Å². The number of carbonyl (C=O) groups is 2. The van der Waals surface area contributed by atoms with Crippen LogP contribution in [0.15, 0.2) is 41.4 Å². The summed E-state index contributed by atoms with van der Waals surface area (Å²) in [7, 11) is 0. The van der Waals surface area contributed by atoms with E-state index in [1.165, 1.54) is 0 Å². The highest BCUT2D eigenvalue weighted by molar-refractivity contribution is 5.80. The molecule has 1 heterocycles. The Morgan fingerprint density at radius 3 is 1.89 bits per heavy atom. The van der Waals surface area contributed by atoms with E-state index in [2.05, 4.69) is 83.6 Å². The van der Waals surface area contributed by atoms with Crippen LogP contribution in [0.5, 0.6) is 0 Å². The SMILES string of the molecule is C=C(C)CC=CC(=C)C(CCC(C)(C)C)N(C=O)C1(/N=C(\C)N2CCOCC2)CCC(C(C)(C)CC)CC1.CC.CC.CC.O=CO. The van der Waals surface area contributed by atoms with Crippen LogP contribution < -0.4 is 0 Å². The molecule has 276 valence electrons. The molecule has 2 rings (SSSR count). The summed E-state index contributed by atoms with van der Waals surface area (Å²) in [6.07, 6.45) is 13.1. The van der Waals surface area contributed by atoms with Crippen molar-refractivity contribution in [2.75, 3.05) is 26.3 Å². The summed E-state index contributed by atoms with van der Waals surface area (Å²) >= 11 is 0. The van der Waals surface area contributed by atoms with Crippen molar-refractivity contribution in [3.05, 3.63) is 36.5 Å². The summed E-state index contributed by atoms with van der Waals surface area (Å²) in [6.45, 7) is 41.5. The average Bonchev–Trinajstić information content (AvgIpc) is 3.06. The van der Waals surface area contributed by atoms with E-state index in [1.54, 1.807) is 0 Å². The molecule has 1 atom stereocenters. The largest absolute Gasteiger partial charge is 0.483 e. The van der Waals surface area contributed by atoms with E-state index in [9.17, 15) is 4.79 Å². The fourth-order valence-corrected chi connectivity index (χ4v) is 5.89. The molecule has 1 aliphatic heterocycles. The first-order chi connectivity index (χ1) is 22.2. The highest BCUT2D eigenvalue weighted by atomic mass is 16.5. The number of amidine groups is 1. The fraction of sp³-hybridized carbons (Fsp3) is 0.775. The monoisotopic (exact) mass is 664 g/mol. The molecule has 0 aromatic heterocycles. The quantitative estimate of drug-likeness (QED) is 0.0739. The number of hydrogen-bond donors (Lipinski definition) is 1. The topological polar surface area (TPSA) is 82.4 Å². The van der Waals surface area contributed by atoms with E-state index < -0.39 is 5.66 Å². The number of hydrogen-bond acceptors (Lipinski definition) is 4. The Balaban J connectivity index is -0.00000196. The number of rotatable bonds is 12. The highest BCUT2D eigenvalue weighted by Gasteiger charge is 2.46. The number of ether oxygens (including phenoxy) is 1. The molecule has 1 saturated carbocycles. The molecule has 1 aliphatic carbocycles. The Kier molecular flexibility index (Phi) is 27.7. The van der Waals surface area contributed by atoms with E-state index >= 15 is 0 Å². The van der Waals surface area contributed by atoms with Crippen LogP contribution in [0.4, 0.5) is 0 Å². The van der Waals surface area contributed by atoms with Gasteiger partial charge in [0.2, 0.25) is 6.41 Å². The zero-order chi connectivity index (χ0) is 37.3. The number of allylic oxidation sites excluding steroid dienone is 2. The fourth-order valence-electron chi connectivity index (χ4n) is 5.89. The van der Waals surface area contributed by atoms with Crippen molar-refractivity contribution < 1.29 is 19.4 Å². The molecule has 47 heavy (non-hydrogen) atoms. The van der Waals surface area contributed by atoms with Crippen LogP contribution in [0, 0.1) is 16.7 Å². The van der Waals surface area contributed by atoms with Gasteiger partial charge in [-0.25, -0.2) is 4.99 Å². The molecule has 2 fully saturated rings. The van der Waals surface area contributed by atoms with Crippen LogP contribution in [0.1, 0.15) is 148 Å². The van der Waals surface area contributed by atoms with E-state index in [0.29, 0.717) is 11.3 Å². The van der Waals surface area contributed by atoms with Gasteiger partial charge in [0.15, 0.2) is 0 Å². The van der Waals surface area contributed by atoms with Gasteiger partial charge in [-0.15, -0.1) is 0 Å². The summed E-state index contributed by atoms with van der Waals surface area (Å²) in [5.74, 6) is 1.66. The van der Waals surface area contributed by atoms with Crippen LogP contribution >= 0.6 is 0 Å². The molecule has 0 bridgehead atoms. The van der Waals surface area contributed by atoms with Crippen molar-refractivity contribution >= 4 is 18.7 Å². The molecule has 2 aliphatic rings. The average molecular weight is 664 g/mol. The summed E-state index contributed by atoms with van der Waals surface area (Å²) in [5.41, 5.74) is 2.00. The van der Waals surface area contributed by atoms with Gasteiger partial charge in [0.1, 0.15) is 5.66 Å². The second kappa shape index (κ2) is 26.5. The predicted molar refractivity (Wildman–Crippen MR) is 205 cm³/mol. The minimum atomic E-state index is -0.557. The van der Waals surface area contributed by atoms with E-state index in [4.69, 9.17) is 19.6 Å². The van der Waals surface area contributed by atoms with Crippen molar-refractivity contribution in [1.29, 1.82) is 0 Å². The summed E-state index contributed by atoms with van der Waals surface area (Å²) in [5, 5.41) is 6.89. The zero-order valence-electron chi connectivity index (χ0n) is 33.4. The Morgan fingerprint density at radius 2 is 1.49 bits per heavy atom. The van der Waals surface area contributed by atoms with Crippen LogP contribution in [0.25, 0.3) is 0 Å². The van der Waals surface area contributed by atoms with Crippen molar-refractivity contribution in [1.82, 2.24) is 9.80 Å². The molecule has 7 nitrogen and oxygen atoms in total. The number of morpholine rings is 1. The first-order valence-corrected chi connectivity index (χ1v) is 18.4. The zero-order valence-corrected chi connectivity index (χ0v) is 33.4. The first-order valence-electron chi connectivity index (χ1n) is 18.4. The molecule has 0 radical (unpaired) electrons. The lowest BCUT2D eigenvalue weighted by Crippen LogP contribution is -2.56. The van der Waals surface area contributed by atoms with E-state index in [1.807, 2.05) is 48.5 Å². The van der Waals surface area contributed by atoms with Gasteiger partial charge in [-0.3, -0.25) is 9.59 Å². The lowest BCUT2D eigenvalue weighted by Gasteiger charge is -2.50. The van der Waals surface area contributed by atoms with Crippen LogP contribution in [0.2, 0.25) is 0 Å². The number of carbonyl (C=O) groups excluding carboxylic acids is 1. The van der Waals surface area contributed by atoms with Gasteiger partial charge >= 0.3 is 0 Å². The number of nitrogens with zero attached hydrogens (tertiary/aromatic N) is 3. The molecule has 0 aromatic carbocycles. The second-order valence-corrected chi connectivity index (χ2v) is 13.7. The van der Waals surface area contributed by atoms with Gasteiger partial charge < -0.3 is 19.6 Å². The Morgan fingerprint density at radius 1 is 1.00 bits per heavy atom. The Bertz CT molecular complexity index is 903. The van der Waals surface area contributed by atoms with Crippen LogP contribution in [-0.4, -0.2) is 71.6 Å². The first kappa shape index (κ1) is 49.0. The third-order valence-corrected chi connectivity index (χ3v) is 8.97. The molecule has 7 heteroatoms. The Labute approximate surface area is 292 Å². The van der Waals surface area contributed by atoms with E-state index in [-0.39, 0.29) is 17.9 Å². The van der Waals surface area contributed by atoms with Crippen molar-refractivity contribution in [3.8, 4) is 0 Å². The highest BCUT2D eigenvalue weighted by Crippen LogP contribution is 2.47. The number of aliphatic imine (C=N–C) groups is 1. The van der Waals surface area contributed by atoms with Gasteiger partial charge in [0.25, 0.3) is 6.47 Å². The van der Waals surface area contributed by atoms with Gasteiger partial charge in [0, 0.05) is 13.1 Å². The molecule has 1 N–H and O–H groups in total. The maximum atomic E-state index is 13.1. The third kappa shape index (κ3) is 18.6. The van der Waals surface area contributed by atoms with Crippen LogP contribution in [-0.2, 0) is 14.3 Å². The van der Waals surface area contributed by atoms with Gasteiger partial charge in [-0.1, -0.05) is 120 Å². The summed E-state index contributed by atoms with van der Waals surface area (Å²) < 4.78 is 5.60. The normalized spacial score (nSPS) is 20.3. The number of carboxylic acid groups (broad SMARTS) is 1. The maximum absolute atomic E-state index is 13.1. The molecule has 1 unspecified atom stereocenters. The maximum Gasteiger partial charge on any atom is 0.290 e. The van der Waals surface area contributed by atoms with Crippen molar-refractivity contribution in [3.63, 3.8) is 0 Å². The van der Waals surface area contributed by atoms with Crippen molar-refractivity contribution in [2.45, 2.75) is 160 Å². The molecule has 0 aromatic rings. The smallest absolute Gasteiger partial charge is 0.290 e. The molecular weight excluding hydrogens is 586 g/mol. The third-order valence-electron chi connectivity index (χ3n) is 8.97.